The highest BCUT2D eigenvalue weighted by atomic mass is 19.4. The molecule has 0 fully saturated rings. The lowest BCUT2D eigenvalue weighted by Gasteiger charge is -2.19. The smallest absolute Gasteiger partial charge is 0.166 e. The van der Waals surface area contributed by atoms with Gasteiger partial charge in [-0.15, -0.1) is 0 Å². The summed E-state index contributed by atoms with van der Waals surface area (Å²) in [5.41, 5.74) is 0.181. The standard InChI is InChI=1S/C13H16F3/c1-4-6-10-7-5-8-11(9(2)3)12(10)13(14,15)16/h5,7-9H,2,4,6H2,1,3H3. The van der Waals surface area contributed by atoms with E-state index in [4.69, 9.17) is 0 Å². The Balaban J connectivity index is 3.35. The maximum atomic E-state index is 13.0. The average Bonchev–Trinajstić information content (AvgIpc) is 2.16. The number of hydrogen-bond acceptors (Lipinski definition) is 0. The van der Waals surface area contributed by atoms with Crippen molar-refractivity contribution in [3.05, 3.63) is 41.8 Å². The maximum absolute atomic E-state index is 13.0. The third-order valence-corrected chi connectivity index (χ3v) is 2.52. The molecule has 1 radical (unpaired) electrons. The van der Waals surface area contributed by atoms with E-state index in [2.05, 4.69) is 6.92 Å². The zero-order valence-electron chi connectivity index (χ0n) is 9.56. The van der Waals surface area contributed by atoms with Crippen LogP contribution in [0.3, 0.4) is 0 Å². The number of halogens is 3. The van der Waals surface area contributed by atoms with E-state index in [1.807, 2.05) is 6.92 Å². The Morgan fingerprint density at radius 1 is 1.31 bits per heavy atom. The summed E-state index contributed by atoms with van der Waals surface area (Å²) < 4.78 is 38.9. The van der Waals surface area contributed by atoms with Gasteiger partial charge in [0.05, 0.1) is 5.56 Å². The SMILES string of the molecule is [CH2]C(C)c1cccc(CCC)c1C(F)(F)F. The highest BCUT2D eigenvalue weighted by Gasteiger charge is 2.36. The second kappa shape index (κ2) is 4.89. The predicted molar refractivity (Wildman–Crippen MR) is 59.2 cm³/mol. The van der Waals surface area contributed by atoms with Gasteiger partial charge >= 0.3 is 6.18 Å². The monoisotopic (exact) mass is 229 g/mol. The summed E-state index contributed by atoms with van der Waals surface area (Å²) in [5, 5.41) is 0. The number of aryl methyl sites for hydroxylation is 1. The van der Waals surface area contributed by atoms with Gasteiger partial charge in [-0.1, -0.05) is 38.5 Å². The van der Waals surface area contributed by atoms with Crippen molar-refractivity contribution in [1.29, 1.82) is 0 Å². The molecule has 16 heavy (non-hydrogen) atoms. The van der Waals surface area contributed by atoms with Gasteiger partial charge in [-0.25, -0.2) is 0 Å². The van der Waals surface area contributed by atoms with Crippen LogP contribution >= 0.6 is 0 Å². The van der Waals surface area contributed by atoms with Crippen molar-refractivity contribution >= 4 is 0 Å². The van der Waals surface area contributed by atoms with Crippen molar-refractivity contribution in [3.8, 4) is 0 Å². The van der Waals surface area contributed by atoms with Crippen LogP contribution in [0.2, 0.25) is 0 Å². The molecule has 0 saturated carbocycles. The van der Waals surface area contributed by atoms with Crippen LogP contribution in [0.4, 0.5) is 13.2 Å². The van der Waals surface area contributed by atoms with Gasteiger partial charge in [0.2, 0.25) is 0 Å². The second-order valence-corrected chi connectivity index (χ2v) is 4.03. The first-order chi connectivity index (χ1) is 7.38. The molecule has 0 amide bonds. The molecule has 1 atom stereocenters. The molecule has 1 aromatic carbocycles. The van der Waals surface area contributed by atoms with E-state index in [0.717, 1.165) is 0 Å². The largest absolute Gasteiger partial charge is 0.416 e. The summed E-state index contributed by atoms with van der Waals surface area (Å²) >= 11 is 0. The molecule has 0 aliphatic carbocycles. The fourth-order valence-corrected chi connectivity index (χ4v) is 1.85. The fraction of sp³-hybridized carbons (Fsp3) is 0.462. The molecule has 0 bridgehead atoms. The Hall–Kier alpha value is -0.990. The van der Waals surface area contributed by atoms with Crippen LogP contribution in [0.1, 0.15) is 42.9 Å². The average molecular weight is 229 g/mol. The predicted octanol–water partition coefficient (Wildman–Crippen LogP) is 4.60. The number of hydrogen-bond donors (Lipinski definition) is 0. The molecule has 0 spiro atoms. The van der Waals surface area contributed by atoms with Crippen molar-refractivity contribution in [1.82, 2.24) is 0 Å². The molecule has 1 aromatic rings. The molecule has 89 valence electrons. The van der Waals surface area contributed by atoms with Gasteiger partial charge in [0.25, 0.3) is 0 Å². The quantitative estimate of drug-likeness (QED) is 0.710. The zero-order valence-corrected chi connectivity index (χ0v) is 9.56. The molecule has 0 saturated heterocycles. The molecular formula is C13H16F3. The summed E-state index contributed by atoms with van der Waals surface area (Å²) in [6.45, 7) is 7.24. The van der Waals surface area contributed by atoms with Crippen molar-refractivity contribution in [2.75, 3.05) is 0 Å². The van der Waals surface area contributed by atoms with Gasteiger partial charge in [0, 0.05) is 0 Å². The van der Waals surface area contributed by atoms with Crippen molar-refractivity contribution < 1.29 is 13.2 Å². The molecule has 3 heteroatoms. The molecule has 1 unspecified atom stereocenters. The molecule has 0 N–H and O–H groups in total. The van der Waals surface area contributed by atoms with Crippen LogP contribution in [0.25, 0.3) is 0 Å². The van der Waals surface area contributed by atoms with Gasteiger partial charge < -0.3 is 0 Å². The first-order valence-corrected chi connectivity index (χ1v) is 5.40. The van der Waals surface area contributed by atoms with E-state index in [1.165, 1.54) is 6.07 Å². The third-order valence-electron chi connectivity index (χ3n) is 2.52. The number of alkyl halides is 3. The topological polar surface area (TPSA) is 0 Å². The minimum absolute atomic E-state index is 0.290. The van der Waals surface area contributed by atoms with E-state index < -0.39 is 11.7 Å². The fourth-order valence-electron chi connectivity index (χ4n) is 1.85. The Morgan fingerprint density at radius 3 is 2.38 bits per heavy atom. The van der Waals surface area contributed by atoms with Crippen LogP contribution in [-0.2, 0) is 12.6 Å². The Bertz CT molecular complexity index is 351. The van der Waals surface area contributed by atoms with E-state index in [-0.39, 0.29) is 5.92 Å². The minimum Gasteiger partial charge on any atom is -0.166 e. The van der Waals surface area contributed by atoms with E-state index in [1.54, 1.807) is 19.1 Å². The van der Waals surface area contributed by atoms with Gasteiger partial charge in [0.1, 0.15) is 0 Å². The van der Waals surface area contributed by atoms with E-state index in [0.29, 0.717) is 24.0 Å². The summed E-state index contributed by atoms with van der Waals surface area (Å²) in [7, 11) is 0. The normalized spacial score (nSPS) is 12.2. The maximum Gasteiger partial charge on any atom is 0.416 e. The summed E-state index contributed by atoms with van der Waals surface area (Å²) in [4.78, 5) is 0. The lowest BCUT2D eigenvalue weighted by molar-refractivity contribution is -0.138. The van der Waals surface area contributed by atoms with Crippen molar-refractivity contribution in [2.24, 2.45) is 0 Å². The van der Waals surface area contributed by atoms with Crippen LogP contribution in [-0.4, -0.2) is 0 Å². The van der Waals surface area contributed by atoms with E-state index >= 15 is 0 Å². The summed E-state index contributed by atoms with van der Waals surface area (Å²) in [6.07, 6.45) is -3.12. The third kappa shape index (κ3) is 2.77. The van der Waals surface area contributed by atoms with Crippen LogP contribution in [0, 0.1) is 6.92 Å². The lowest BCUT2D eigenvalue weighted by Crippen LogP contribution is -2.14. The highest BCUT2D eigenvalue weighted by Crippen LogP contribution is 2.37. The Kier molecular flexibility index (Phi) is 4.00. The molecule has 0 aliphatic heterocycles. The number of benzene rings is 1. The van der Waals surface area contributed by atoms with Crippen molar-refractivity contribution in [2.45, 2.75) is 38.8 Å². The van der Waals surface area contributed by atoms with Gasteiger partial charge in [-0.3, -0.25) is 0 Å². The van der Waals surface area contributed by atoms with Crippen LogP contribution in [0.15, 0.2) is 18.2 Å². The molecule has 0 aliphatic rings. The Morgan fingerprint density at radius 2 is 1.94 bits per heavy atom. The molecule has 0 aromatic heterocycles. The minimum atomic E-state index is -4.28. The molecular weight excluding hydrogens is 213 g/mol. The number of rotatable bonds is 3. The van der Waals surface area contributed by atoms with Gasteiger partial charge in [-0.05, 0) is 30.4 Å². The first kappa shape index (κ1) is 13.1. The molecule has 1 rings (SSSR count). The summed E-state index contributed by atoms with van der Waals surface area (Å²) in [5.74, 6) is -0.353. The lowest BCUT2D eigenvalue weighted by atomic mass is 9.91. The van der Waals surface area contributed by atoms with E-state index in [9.17, 15) is 13.2 Å². The van der Waals surface area contributed by atoms with Gasteiger partial charge in [-0.2, -0.15) is 13.2 Å². The molecule has 0 nitrogen and oxygen atoms in total. The molecule has 0 heterocycles. The first-order valence-electron chi connectivity index (χ1n) is 5.40. The Labute approximate surface area is 94.5 Å². The second-order valence-electron chi connectivity index (χ2n) is 4.03. The van der Waals surface area contributed by atoms with Crippen LogP contribution in [0.5, 0.6) is 0 Å². The van der Waals surface area contributed by atoms with Gasteiger partial charge in [0.15, 0.2) is 0 Å². The summed E-state index contributed by atoms with van der Waals surface area (Å²) in [6, 6.07) is 4.75. The highest BCUT2D eigenvalue weighted by molar-refractivity contribution is 5.40. The van der Waals surface area contributed by atoms with Crippen molar-refractivity contribution in [3.63, 3.8) is 0 Å². The zero-order chi connectivity index (χ0) is 12.3. The van der Waals surface area contributed by atoms with Crippen LogP contribution < -0.4 is 0 Å².